The van der Waals surface area contributed by atoms with Crippen LogP contribution in [0.15, 0.2) is 0 Å². The number of rotatable bonds is 4. The highest BCUT2D eigenvalue weighted by Gasteiger charge is 2.58. The molecule has 7 heteroatoms. The molecule has 3 rings (SSSR count). The predicted molar refractivity (Wildman–Crippen MR) is 64.1 cm³/mol. The van der Waals surface area contributed by atoms with Gasteiger partial charge >= 0.3 is 0 Å². The minimum atomic E-state index is -0.589. The van der Waals surface area contributed by atoms with E-state index in [1.165, 1.54) is 0 Å². The fourth-order valence-electron chi connectivity index (χ4n) is 2.63. The molecule has 0 aromatic carbocycles. The van der Waals surface area contributed by atoms with Gasteiger partial charge in [0.05, 0.1) is 39.6 Å². The standard InChI is InChI=1S/C11H19O6P/c18-7-11(8-12-1-2-13-8,9-14-3-4-15-9)10-16-5-6-17-10/h8-10H,1-7,18H2. The zero-order valence-corrected chi connectivity index (χ0v) is 11.4. The van der Waals surface area contributed by atoms with Gasteiger partial charge in [0.1, 0.15) is 5.41 Å². The molecule has 3 heterocycles. The highest BCUT2D eigenvalue weighted by Crippen LogP contribution is 2.43. The van der Waals surface area contributed by atoms with E-state index in [0.29, 0.717) is 45.8 Å². The highest BCUT2D eigenvalue weighted by molar-refractivity contribution is 7.16. The first-order chi connectivity index (χ1) is 8.88. The molecule has 3 aliphatic heterocycles. The van der Waals surface area contributed by atoms with E-state index in [4.69, 9.17) is 28.4 Å². The first kappa shape index (κ1) is 13.2. The van der Waals surface area contributed by atoms with Crippen molar-refractivity contribution in [3.8, 4) is 0 Å². The van der Waals surface area contributed by atoms with E-state index < -0.39 is 24.3 Å². The molecule has 0 spiro atoms. The number of hydrogen-bond acceptors (Lipinski definition) is 6. The summed E-state index contributed by atoms with van der Waals surface area (Å²) in [5, 5.41) is 0. The van der Waals surface area contributed by atoms with Crippen LogP contribution in [0.5, 0.6) is 0 Å². The molecular weight excluding hydrogens is 259 g/mol. The summed E-state index contributed by atoms with van der Waals surface area (Å²) in [6, 6.07) is 0. The third-order valence-corrected chi connectivity index (χ3v) is 4.24. The molecule has 18 heavy (non-hydrogen) atoms. The van der Waals surface area contributed by atoms with Crippen molar-refractivity contribution in [2.24, 2.45) is 5.41 Å². The van der Waals surface area contributed by atoms with E-state index in [0.717, 1.165) is 0 Å². The van der Waals surface area contributed by atoms with Crippen molar-refractivity contribution in [3.63, 3.8) is 0 Å². The van der Waals surface area contributed by atoms with Gasteiger partial charge in [-0.05, 0) is 6.16 Å². The van der Waals surface area contributed by atoms with Crippen molar-refractivity contribution in [3.05, 3.63) is 0 Å². The monoisotopic (exact) mass is 278 g/mol. The third kappa shape index (κ3) is 2.10. The van der Waals surface area contributed by atoms with Gasteiger partial charge < -0.3 is 28.4 Å². The second kappa shape index (κ2) is 5.67. The van der Waals surface area contributed by atoms with E-state index in [2.05, 4.69) is 9.24 Å². The fourth-order valence-corrected chi connectivity index (χ4v) is 3.21. The zero-order valence-electron chi connectivity index (χ0n) is 10.2. The lowest BCUT2D eigenvalue weighted by Gasteiger charge is -2.42. The minimum Gasteiger partial charge on any atom is -0.349 e. The van der Waals surface area contributed by atoms with Crippen molar-refractivity contribution in [2.75, 3.05) is 45.8 Å². The van der Waals surface area contributed by atoms with Crippen molar-refractivity contribution >= 4 is 9.24 Å². The van der Waals surface area contributed by atoms with Crippen LogP contribution in [-0.4, -0.2) is 64.7 Å². The topological polar surface area (TPSA) is 55.4 Å². The van der Waals surface area contributed by atoms with Crippen LogP contribution in [0.25, 0.3) is 0 Å². The van der Waals surface area contributed by atoms with Gasteiger partial charge in [0.25, 0.3) is 0 Å². The van der Waals surface area contributed by atoms with Crippen LogP contribution in [0.1, 0.15) is 0 Å². The molecule has 1 unspecified atom stereocenters. The molecule has 0 saturated carbocycles. The summed E-state index contributed by atoms with van der Waals surface area (Å²) < 4.78 is 34.1. The Morgan fingerprint density at radius 3 is 1.17 bits per heavy atom. The maximum atomic E-state index is 5.68. The van der Waals surface area contributed by atoms with Crippen LogP contribution in [-0.2, 0) is 28.4 Å². The molecule has 3 saturated heterocycles. The average molecular weight is 278 g/mol. The Balaban J connectivity index is 1.87. The molecular formula is C11H19O6P. The molecule has 0 aromatic heterocycles. The smallest absolute Gasteiger partial charge is 0.173 e. The molecule has 0 radical (unpaired) electrons. The Morgan fingerprint density at radius 2 is 0.944 bits per heavy atom. The summed E-state index contributed by atoms with van der Waals surface area (Å²) in [7, 11) is 2.71. The summed E-state index contributed by atoms with van der Waals surface area (Å²) in [6.45, 7) is 3.48. The third-order valence-electron chi connectivity index (χ3n) is 3.54. The van der Waals surface area contributed by atoms with Crippen LogP contribution in [0.4, 0.5) is 0 Å². The first-order valence-corrected chi connectivity index (χ1v) is 7.09. The molecule has 0 N–H and O–H groups in total. The normalized spacial score (nSPS) is 28.5. The van der Waals surface area contributed by atoms with Crippen LogP contribution >= 0.6 is 9.24 Å². The summed E-state index contributed by atoms with van der Waals surface area (Å²) >= 11 is 0. The molecule has 0 aliphatic carbocycles. The molecule has 6 nitrogen and oxygen atoms in total. The molecule has 3 aliphatic rings. The van der Waals surface area contributed by atoms with Gasteiger partial charge in [-0.3, -0.25) is 0 Å². The van der Waals surface area contributed by atoms with Gasteiger partial charge in [-0.2, -0.15) is 0 Å². The number of hydrogen-bond donors (Lipinski definition) is 0. The molecule has 0 amide bonds. The Labute approximate surface area is 108 Å². The van der Waals surface area contributed by atoms with Gasteiger partial charge in [-0.25, -0.2) is 0 Å². The second-order valence-electron chi connectivity index (χ2n) is 4.54. The summed E-state index contributed by atoms with van der Waals surface area (Å²) in [5.41, 5.74) is -0.589. The first-order valence-electron chi connectivity index (χ1n) is 6.27. The van der Waals surface area contributed by atoms with Crippen LogP contribution in [0, 0.1) is 5.41 Å². The summed E-state index contributed by atoms with van der Waals surface area (Å²) in [6.07, 6.45) is -0.587. The Hall–Kier alpha value is 0.190. The van der Waals surface area contributed by atoms with Crippen LogP contribution < -0.4 is 0 Å². The lowest BCUT2D eigenvalue weighted by molar-refractivity contribution is -0.293. The average Bonchev–Trinajstić information content (AvgIpc) is 3.16. The largest absolute Gasteiger partial charge is 0.349 e. The molecule has 0 aromatic rings. The SMILES string of the molecule is PCC(C1OCCO1)(C1OCCO1)C1OCCO1. The van der Waals surface area contributed by atoms with Crippen LogP contribution in [0.3, 0.4) is 0 Å². The van der Waals surface area contributed by atoms with E-state index in [9.17, 15) is 0 Å². The zero-order chi connectivity index (χ0) is 12.4. The molecule has 104 valence electrons. The van der Waals surface area contributed by atoms with Gasteiger partial charge in [-0.1, -0.05) is 0 Å². The Kier molecular flexibility index (Phi) is 4.15. The Morgan fingerprint density at radius 1 is 0.667 bits per heavy atom. The lowest BCUT2D eigenvalue weighted by Crippen LogP contribution is -2.56. The number of ether oxygens (including phenoxy) is 6. The summed E-state index contributed by atoms with van der Waals surface area (Å²) in [5.74, 6) is 0. The van der Waals surface area contributed by atoms with E-state index in [1.54, 1.807) is 0 Å². The van der Waals surface area contributed by atoms with Crippen LogP contribution in [0.2, 0.25) is 0 Å². The maximum Gasteiger partial charge on any atom is 0.173 e. The van der Waals surface area contributed by atoms with E-state index in [1.807, 2.05) is 0 Å². The molecule has 3 fully saturated rings. The van der Waals surface area contributed by atoms with E-state index in [-0.39, 0.29) is 0 Å². The predicted octanol–water partition coefficient (Wildman–Crippen LogP) is -0.0334. The van der Waals surface area contributed by atoms with Gasteiger partial charge in [0, 0.05) is 0 Å². The summed E-state index contributed by atoms with van der Waals surface area (Å²) in [4.78, 5) is 0. The lowest BCUT2D eigenvalue weighted by atomic mass is 9.87. The quantitative estimate of drug-likeness (QED) is 0.673. The van der Waals surface area contributed by atoms with Crippen molar-refractivity contribution in [2.45, 2.75) is 18.9 Å². The second-order valence-corrected chi connectivity index (χ2v) is 4.95. The maximum absolute atomic E-state index is 5.68. The van der Waals surface area contributed by atoms with E-state index >= 15 is 0 Å². The van der Waals surface area contributed by atoms with Crippen molar-refractivity contribution < 1.29 is 28.4 Å². The minimum absolute atomic E-state index is 0.416. The van der Waals surface area contributed by atoms with Crippen molar-refractivity contribution in [1.82, 2.24) is 0 Å². The van der Waals surface area contributed by atoms with Gasteiger partial charge in [0.15, 0.2) is 18.9 Å². The van der Waals surface area contributed by atoms with Gasteiger partial charge in [0.2, 0.25) is 0 Å². The fraction of sp³-hybridized carbons (Fsp3) is 1.00. The highest BCUT2D eigenvalue weighted by atomic mass is 31.0. The Bertz CT molecular complexity index is 230. The molecule has 1 atom stereocenters. The van der Waals surface area contributed by atoms with Gasteiger partial charge in [-0.15, -0.1) is 9.24 Å². The molecule has 0 bridgehead atoms. The van der Waals surface area contributed by atoms with Crippen molar-refractivity contribution in [1.29, 1.82) is 0 Å².